The lowest BCUT2D eigenvalue weighted by molar-refractivity contribution is 0.152. The summed E-state index contributed by atoms with van der Waals surface area (Å²) < 4.78 is 0. The molecule has 3 nitrogen and oxygen atoms in total. The molecule has 1 rings (SSSR count). The SMILES string of the molecule is CCCCCCCCCCCCc1ccc(C=CC(N)(CO)CO)cc1. The molecule has 3 heteroatoms. The van der Waals surface area contributed by atoms with Crippen molar-refractivity contribution in [2.75, 3.05) is 13.2 Å². The molecule has 0 bridgehead atoms. The summed E-state index contributed by atoms with van der Waals surface area (Å²) >= 11 is 0. The third-order valence-corrected chi connectivity index (χ3v) is 5.00. The average molecular weight is 362 g/mol. The van der Waals surface area contributed by atoms with Crippen molar-refractivity contribution in [2.45, 2.75) is 83.1 Å². The van der Waals surface area contributed by atoms with E-state index in [-0.39, 0.29) is 13.2 Å². The molecule has 0 saturated carbocycles. The molecular formula is C23H39NO2. The van der Waals surface area contributed by atoms with Gasteiger partial charge in [0.2, 0.25) is 0 Å². The first-order valence-electron chi connectivity index (χ1n) is 10.4. The zero-order valence-corrected chi connectivity index (χ0v) is 16.6. The zero-order chi connectivity index (χ0) is 19.1. The van der Waals surface area contributed by atoms with E-state index in [4.69, 9.17) is 5.73 Å². The van der Waals surface area contributed by atoms with Crippen LogP contribution in [-0.4, -0.2) is 29.0 Å². The van der Waals surface area contributed by atoms with Crippen molar-refractivity contribution < 1.29 is 10.2 Å². The Hall–Kier alpha value is -1.16. The summed E-state index contributed by atoms with van der Waals surface area (Å²) in [5.41, 5.74) is 7.19. The van der Waals surface area contributed by atoms with Crippen molar-refractivity contribution in [3.8, 4) is 0 Å². The fourth-order valence-electron chi connectivity index (χ4n) is 3.03. The molecule has 1 aromatic carbocycles. The van der Waals surface area contributed by atoms with Gasteiger partial charge in [-0.15, -0.1) is 0 Å². The predicted molar refractivity (Wildman–Crippen MR) is 112 cm³/mol. The highest BCUT2D eigenvalue weighted by Crippen LogP contribution is 2.14. The van der Waals surface area contributed by atoms with Gasteiger partial charge in [-0.3, -0.25) is 0 Å². The Morgan fingerprint density at radius 2 is 1.31 bits per heavy atom. The van der Waals surface area contributed by atoms with Gasteiger partial charge in [-0.2, -0.15) is 0 Å². The summed E-state index contributed by atoms with van der Waals surface area (Å²) in [5.74, 6) is 0. The van der Waals surface area contributed by atoms with Crippen molar-refractivity contribution in [3.63, 3.8) is 0 Å². The first-order valence-corrected chi connectivity index (χ1v) is 10.4. The van der Waals surface area contributed by atoms with Crippen molar-refractivity contribution >= 4 is 6.08 Å². The first-order chi connectivity index (χ1) is 12.6. The van der Waals surface area contributed by atoms with Gasteiger partial charge in [0, 0.05) is 0 Å². The fourth-order valence-corrected chi connectivity index (χ4v) is 3.03. The standard InChI is InChI=1S/C23H39NO2/c1-2-3-4-5-6-7-8-9-10-11-12-21-13-15-22(16-14-21)17-18-23(24,19-25)20-26/h13-18,25-26H,2-12,19-20,24H2,1H3. The Morgan fingerprint density at radius 1 is 0.808 bits per heavy atom. The lowest BCUT2D eigenvalue weighted by atomic mass is 10.00. The Kier molecular flexibility index (Phi) is 12.3. The molecule has 0 heterocycles. The molecule has 0 amide bonds. The Balaban J connectivity index is 2.16. The van der Waals surface area contributed by atoms with E-state index in [9.17, 15) is 10.2 Å². The van der Waals surface area contributed by atoms with E-state index in [1.54, 1.807) is 6.08 Å². The molecule has 0 radical (unpaired) electrons. The molecule has 0 atom stereocenters. The molecule has 0 unspecified atom stereocenters. The number of rotatable bonds is 15. The maximum Gasteiger partial charge on any atom is 0.0811 e. The van der Waals surface area contributed by atoms with E-state index in [2.05, 4.69) is 31.2 Å². The molecule has 148 valence electrons. The summed E-state index contributed by atoms with van der Waals surface area (Å²) in [5, 5.41) is 18.4. The van der Waals surface area contributed by atoms with Crippen molar-refractivity contribution in [2.24, 2.45) is 5.73 Å². The highest BCUT2D eigenvalue weighted by atomic mass is 16.3. The van der Waals surface area contributed by atoms with Gasteiger partial charge < -0.3 is 15.9 Å². The number of hydrogen-bond donors (Lipinski definition) is 3. The van der Waals surface area contributed by atoms with E-state index in [0.717, 1.165) is 12.0 Å². The molecule has 0 aliphatic carbocycles. The number of nitrogens with two attached hydrogens (primary N) is 1. The van der Waals surface area contributed by atoms with E-state index in [1.807, 2.05) is 6.08 Å². The minimum Gasteiger partial charge on any atom is -0.394 e. The van der Waals surface area contributed by atoms with Crippen molar-refractivity contribution in [1.29, 1.82) is 0 Å². The molecular weight excluding hydrogens is 322 g/mol. The molecule has 0 aliphatic rings. The Morgan fingerprint density at radius 3 is 1.81 bits per heavy atom. The van der Waals surface area contributed by atoms with Crippen LogP contribution in [0, 0.1) is 0 Å². The minimum absolute atomic E-state index is 0.267. The summed E-state index contributed by atoms with van der Waals surface area (Å²) in [6.45, 7) is 1.73. The van der Waals surface area contributed by atoms with E-state index in [0.29, 0.717) is 0 Å². The van der Waals surface area contributed by atoms with E-state index in [1.165, 1.54) is 69.8 Å². The number of unbranched alkanes of at least 4 members (excludes halogenated alkanes) is 9. The maximum atomic E-state index is 9.19. The van der Waals surface area contributed by atoms with Gasteiger partial charge in [-0.05, 0) is 24.0 Å². The summed E-state index contributed by atoms with van der Waals surface area (Å²) in [6.07, 6.45) is 18.3. The number of benzene rings is 1. The second-order valence-corrected chi connectivity index (χ2v) is 7.56. The van der Waals surface area contributed by atoms with Crippen LogP contribution < -0.4 is 5.73 Å². The molecule has 0 aromatic heterocycles. The lowest BCUT2D eigenvalue weighted by Crippen LogP contribution is -2.45. The summed E-state index contributed by atoms with van der Waals surface area (Å²) in [4.78, 5) is 0. The van der Waals surface area contributed by atoms with Gasteiger partial charge in [0.1, 0.15) is 0 Å². The van der Waals surface area contributed by atoms with Crippen LogP contribution in [-0.2, 0) is 6.42 Å². The minimum atomic E-state index is -1.05. The van der Waals surface area contributed by atoms with Crippen LogP contribution in [0.4, 0.5) is 0 Å². The number of aryl methyl sites for hydroxylation is 1. The molecule has 0 aliphatic heterocycles. The van der Waals surface area contributed by atoms with Gasteiger partial charge in [-0.25, -0.2) is 0 Å². The first kappa shape index (κ1) is 22.9. The van der Waals surface area contributed by atoms with E-state index < -0.39 is 5.54 Å². The predicted octanol–water partition coefficient (Wildman–Crippen LogP) is 4.85. The fraction of sp³-hybridized carbons (Fsp3) is 0.652. The van der Waals surface area contributed by atoms with Gasteiger partial charge >= 0.3 is 0 Å². The van der Waals surface area contributed by atoms with Crippen LogP contribution >= 0.6 is 0 Å². The topological polar surface area (TPSA) is 66.5 Å². The van der Waals surface area contributed by atoms with Gasteiger partial charge in [0.25, 0.3) is 0 Å². The highest BCUT2D eigenvalue weighted by molar-refractivity contribution is 5.51. The van der Waals surface area contributed by atoms with Gasteiger partial charge in [0.15, 0.2) is 0 Å². The van der Waals surface area contributed by atoms with Crippen molar-refractivity contribution in [1.82, 2.24) is 0 Å². The van der Waals surface area contributed by atoms with E-state index >= 15 is 0 Å². The second kappa shape index (κ2) is 14.0. The second-order valence-electron chi connectivity index (χ2n) is 7.56. The Labute approximate surface area is 160 Å². The average Bonchev–Trinajstić information content (AvgIpc) is 2.68. The number of hydrogen-bond acceptors (Lipinski definition) is 3. The molecule has 1 aromatic rings. The Bertz CT molecular complexity index is 477. The third kappa shape index (κ3) is 10.1. The molecule has 4 N–H and O–H groups in total. The summed E-state index contributed by atoms with van der Waals surface area (Å²) in [7, 11) is 0. The monoisotopic (exact) mass is 361 g/mol. The molecule has 0 fully saturated rings. The van der Waals surface area contributed by atoms with Crippen LogP contribution in [0.15, 0.2) is 30.3 Å². The number of aliphatic hydroxyl groups excluding tert-OH is 2. The van der Waals surface area contributed by atoms with Crippen LogP contribution in [0.5, 0.6) is 0 Å². The maximum absolute atomic E-state index is 9.19. The lowest BCUT2D eigenvalue weighted by Gasteiger charge is -2.19. The zero-order valence-electron chi connectivity index (χ0n) is 16.6. The van der Waals surface area contributed by atoms with Gasteiger partial charge in [-0.1, -0.05) is 101 Å². The van der Waals surface area contributed by atoms with Crippen LogP contribution in [0.1, 0.15) is 82.3 Å². The van der Waals surface area contributed by atoms with Crippen LogP contribution in [0.25, 0.3) is 6.08 Å². The normalized spacial score (nSPS) is 12.2. The smallest absolute Gasteiger partial charge is 0.0811 e. The van der Waals surface area contributed by atoms with Gasteiger partial charge in [0.05, 0.1) is 18.8 Å². The van der Waals surface area contributed by atoms with Crippen LogP contribution in [0.2, 0.25) is 0 Å². The molecule has 26 heavy (non-hydrogen) atoms. The van der Waals surface area contributed by atoms with Crippen molar-refractivity contribution in [3.05, 3.63) is 41.5 Å². The number of aliphatic hydroxyl groups is 2. The summed E-state index contributed by atoms with van der Waals surface area (Å²) in [6, 6.07) is 8.45. The largest absolute Gasteiger partial charge is 0.394 e. The van der Waals surface area contributed by atoms with Crippen LogP contribution in [0.3, 0.4) is 0 Å². The highest BCUT2D eigenvalue weighted by Gasteiger charge is 2.18. The third-order valence-electron chi connectivity index (χ3n) is 5.00. The molecule has 0 spiro atoms. The quantitative estimate of drug-likeness (QED) is 0.391. The molecule has 0 saturated heterocycles.